The average Bonchev–Trinajstić information content (AvgIpc) is 2.91. The Labute approximate surface area is 174 Å². The average molecular weight is 477 g/mol. The van der Waals surface area contributed by atoms with E-state index in [4.69, 9.17) is 27.9 Å². The first kappa shape index (κ1) is 23.3. The van der Waals surface area contributed by atoms with Gasteiger partial charge in [0.1, 0.15) is 6.07 Å². The predicted octanol–water partition coefficient (Wildman–Crippen LogP) is 6.68. The molecule has 0 aliphatic carbocycles. The molecule has 0 aromatic heterocycles. The number of hydrogen-bond acceptors (Lipinski definition) is 6. The van der Waals surface area contributed by atoms with Crippen LogP contribution in [-0.2, 0) is 16.5 Å². The van der Waals surface area contributed by atoms with Gasteiger partial charge in [-0.1, -0.05) is 23.2 Å². The number of nitrogens with zero attached hydrogens (tertiary/aromatic N) is 4. The van der Waals surface area contributed by atoms with E-state index in [1.54, 1.807) is 6.92 Å². The zero-order chi connectivity index (χ0) is 22.0. The molecule has 0 fully saturated rings. The van der Waals surface area contributed by atoms with Gasteiger partial charge in [-0.15, -0.1) is 5.11 Å². The highest BCUT2D eigenvalue weighted by Gasteiger charge is 2.51. The van der Waals surface area contributed by atoms with Gasteiger partial charge in [-0.3, -0.25) is 0 Å². The maximum atomic E-state index is 13.1. The van der Waals surface area contributed by atoms with Gasteiger partial charge in [-0.05, 0) is 30.8 Å². The SMILES string of the molecule is CCOC=NC1=C(SC(F)(F)F)C(C#N)(c2c(Cl)cc(C(F)(F)F)cc2Cl)N=N1. The molecule has 5 nitrogen and oxygen atoms in total. The van der Waals surface area contributed by atoms with E-state index in [0.717, 1.165) is 6.40 Å². The van der Waals surface area contributed by atoms with Crippen LogP contribution in [0.15, 0.2) is 38.1 Å². The van der Waals surface area contributed by atoms with Gasteiger partial charge in [0.25, 0.3) is 0 Å². The molecular weight excluding hydrogens is 469 g/mol. The summed E-state index contributed by atoms with van der Waals surface area (Å²) in [5, 5.41) is 15.3. The number of alkyl halides is 6. The lowest BCUT2D eigenvalue weighted by Crippen LogP contribution is -2.24. The van der Waals surface area contributed by atoms with Crippen LogP contribution in [0.3, 0.4) is 0 Å². The lowest BCUT2D eigenvalue weighted by molar-refractivity contribution is -0.137. The van der Waals surface area contributed by atoms with Crippen molar-refractivity contribution in [3.63, 3.8) is 0 Å². The number of thioether (sulfide) groups is 1. The van der Waals surface area contributed by atoms with Gasteiger partial charge in [0.2, 0.25) is 5.54 Å². The van der Waals surface area contributed by atoms with Gasteiger partial charge < -0.3 is 4.74 Å². The molecule has 0 saturated heterocycles. The Morgan fingerprint density at radius 2 is 1.83 bits per heavy atom. The van der Waals surface area contributed by atoms with Crippen LogP contribution in [-0.4, -0.2) is 18.5 Å². The van der Waals surface area contributed by atoms with Crippen molar-refractivity contribution in [2.45, 2.75) is 24.1 Å². The van der Waals surface area contributed by atoms with Gasteiger partial charge in [-0.25, -0.2) is 0 Å². The summed E-state index contributed by atoms with van der Waals surface area (Å²) in [5.74, 6) is -0.616. The molecule has 0 N–H and O–H groups in total. The second kappa shape index (κ2) is 8.41. The first-order chi connectivity index (χ1) is 13.4. The number of rotatable bonds is 5. The maximum absolute atomic E-state index is 13.1. The summed E-state index contributed by atoms with van der Waals surface area (Å²) in [5.41, 5.74) is -9.27. The molecule has 1 unspecified atom stereocenters. The van der Waals surface area contributed by atoms with Crippen LogP contribution < -0.4 is 0 Å². The minimum absolute atomic E-state index is 0.148. The molecule has 1 atom stereocenters. The summed E-state index contributed by atoms with van der Waals surface area (Å²) in [6.45, 7) is 1.74. The second-order valence-electron chi connectivity index (χ2n) is 5.23. The molecule has 1 aliphatic rings. The standard InChI is InChI=1S/C15H8Cl2F6N4OS/c1-2-28-6-25-12-11(29-15(21,22)23)13(5-24,27-26-12)10-8(16)3-7(4-9(10)17)14(18,19)20/h3-4,6H,2H2,1H3. The van der Waals surface area contributed by atoms with E-state index in [1.165, 1.54) is 6.07 Å². The van der Waals surface area contributed by atoms with E-state index in [-0.39, 0.29) is 6.61 Å². The Kier molecular flexibility index (Phi) is 6.76. The smallest absolute Gasteiger partial charge is 0.446 e. The van der Waals surface area contributed by atoms with Crippen molar-refractivity contribution in [2.24, 2.45) is 15.2 Å². The largest absolute Gasteiger partial charge is 0.483 e. The van der Waals surface area contributed by atoms with Crippen LogP contribution in [0.4, 0.5) is 26.3 Å². The first-order valence-corrected chi connectivity index (χ1v) is 8.98. The number of aliphatic imine (C=N–C) groups is 1. The van der Waals surface area contributed by atoms with Crippen LogP contribution in [0.1, 0.15) is 18.1 Å². The van der Waals surface area contributed by atoms with E-state index >= 15 is 0 Å². The maximum Gasteiger partial charge on any atom is 0.446 e. The van der Waals surface area contributed by atoms with Gasteiger partial charge in [0, 0.05) is 15.6 Å². The minimum Gasteiger partial charge on any atom is -0.483 e. The zero-order valence-corrected chi connectivity index (χ0v) is 16.4. The van der Waals surface area contributed by atoms with Crippen molar-refractivity contribution in [3.05, 3.63) is 44.0 Å². The molecule has 0 saturated carbocycles. The lowest BCUT2D eigenvalue weighted by atomic mass is 9.91. The van der Waals surface area contributed by atoms with Crippen molar-refractivity contribution in [1.29, 1.82) is 5.26 Å². The topological polar surface area (TPSA) is 70.1 Å². The predicted molar refractivity (Wildman–Crippen MR) is 94.4 cm³/mol. The molecule has 14 heteroatoms. The quantitative estimate of drug-likeness (QED) is 0.270. The van der Waals surface area contributed by atoms with Crippen LogP contribution in [0.5, 0.6) is 0 Å². The molecular formula is C15H8Cl2F6N4OS. The van der Waals surface area contributed by atoms with Crippen molar-refractivity contribution in [1.82, 2.24) is 0 Å². The molecule has 1 aliphatic heterocycles. The third kappa shape index (κ3) is 4.96. The highest BCUT2D eigenvalue weighted by atomic mass is 35.5. The molecule has 0 bridgehead atoms. The van der Waals surface area contributed by atoms with E-state index in [2.05, 4.69) is 15.2 Å². The minimum atomic E-state index is -4.90. The molecule has 1 aromatic carbocycles. The molecule has 0 radical (unpaired) electrons. The van der Waals surface area contributed by atoms with Gasteiger partial charge in [-0.2, -0.15) is 41.7 Å². The van der Waals surface area contributed by atoms with Crippen molar-refractivity contribution in [2.75, 3.05) is 6.61 Å². The lowest BCUT2D eigenvalue weighted by Gasteiger charge is -2.24. The van der Waals surface area contributed by atoms with Crippen molar-refractivity contribution in [3.8, 4) is 6.07 Å². The first-order valence-electron chi connectivity index (χ1n) is 7.41. The Balaban J connectivity index is 2.73. The summed E-state index contributed by atoms with van der Waals surface area (Å²) in [7, 11) is 0. The molecule has 1 heterocycles. The van der Waals surface area contributed by atoms with Crippen molar-refractivity contribution >= 4 is 41.4 Å². The highest BCUT2D eigenvalue weighted by Crippen LogP contribution is 2.55. The van der Waals surface area contributed by atoms with E-state index in [9.17, 15) is 31.6 Å². The number of ether oxygens (including phenoxy) is 1. The van der Waals surface area contributed by atoms with Gasteiger partial charge in [0.15, 0.2) is 12.2 Å². The summed E-state index contributed by atoms with van der Waals surface area (Å²) < 4.78 is 83.0. The fourth-order valence-corrected chi connectivity index (χ4v) is 3.74. The molecule has 0 amide bonds. The van der Waals surface area contributed by atoms with Crippen LogP contribution in [0, 0.1) is 11.3 Å². The van der Waals surface area contributed by atoms with E-state index in [1.807, 2.05) is 0 Å². The van der Waals surface area contributed by atoms with E-state index < -0.39 is 60.9 Å². The third-order valence-corrected chi connectivity index (χ3v) is 4.86. The summed E-state index contributed by atoms with van der Waals surface area (Å²) in [4.78, 5) is 2.77. The molecule has 2 rings (SSSR count). The fourth-order valence-electron chi connectivity index (χ4n) is 2.23. The normalized spacial score (nSPS) is 19.9. The van der Waals surface area contributed by atoms with Crippen LogP contribution in [0.2, 0.25) is 10.0 Å². The van der Waals surface area contributed by atoms with Crippen LogP contribution >= 0.6 is 35.0 Å². The van der Waals surface area contributed by atoms with Gasteiger partial charge >= 0.3 is 11.7 Å². The van der Waals surface area contributed by atoms with E-state index in [0.29, 0.717) is 12.1 Å². The highest BCUT2D eigenvalue weighted by molar-refractivity contribution is 8.04. The Bertz CT molecular complexity index is 915. The summed E-state index contributed by atoms with van der Waals surface area (Å²) in [6, 6.07) is 2.40. The third-order valence-electron chi connectivity index (χ3n) is 3.35. The number of hydrogen-bond donors (Lipinski definition) is 0. The summed E-state index contributed by atoms with van der Waals surface area (Å²) >= 11 is 11.0. The molecule has 29 heavy (non-hydrogen) atoms. The fraction of sp³-hybridized carbons (Fsp3) is 0.333. The number of azo groups is 1. The number of halogens is 8. The van der Waals surface area contributed by atoms with Crippen molar-refractivity contribution < 1.29 is 31.1 Å². The molecule has 0 spiro atoms. The Hall–Kier alpha value is -1.97. The molecule has 1 aromatic rings. The Morgan fingerprint density at radius 1 is 1.24 bits per heavy atom. The summed E-state index contributed by atoms with van der Waals surface area (Å²) in [6.07, 6.45) is -4.02. The zero-order valence-electron chi connectivity index (χ0n) is 14.1. The molecule has 156 valence electrons. The second-order valence-corrected chi connectivity index (χ2v) is 7.11. The number of nitriles is 1. The van der Waals surface area contributed by atoms with Gasteiger partial charge in [0.05, 0.1) is 17.1 Å². The number of benzene rings is 1. The van der Waals surface area contributed by atoms with Crippen LogP contribution in [0.25, 0.3) is 0 Å². The Morgan fingerprint density at radius 3 is 2.28 bits per heavy atom. The monoisotopic (exact) mass is 476 g/mol.